The molecule has 0 radical (unpaired) electrons. The van der Waals surface area contributed by atoms with Crippen molar-refractivity contribution in [3.8, 4) is 0 Å². The highest BCUT2D eigenvalue weighted by Crippen LogP contribution is 2.19. The van der Waals surface area contributed by atoms with Gasteiger partial charge in [0.15, 0.2) is 0 Å². The molecule has 1 N–H and O–H groups in total. The molecule has 0 atom stereocenters. The summed E-state index contributed by atoms with van der Waals surface area (Å²) in [6, 6.07) is 1.97. The average Bonchev–Trinajstić information content (AvgIpc) is 2.37. The molecule has 21 heavy (non-hydrogen) atoms. The fraction of sp³-hybridized carbons (Fsp3) is 0.765. The molecule has 0 aliphatic carbocycles. The fourth-order valence-electron chi connectivity index (χ4n) is 2.04. The molecular formula is C17H31N3O. The van der Waals surface area contributed by atoms with Gasteiger partial charge in [0.05, 0.1) is 5.69 Å². The average molecular weight is 293 g/mol. The topological polar surface area (TPSA) is 46.9 Å². The molecule has 0 saturated heterocycles. The normalized spacial score (nSPS) is 12.1. The first kappa shape index (κ1) is 17.9. The van der Waals surface area contributed by atoms with Gasteiger partial charge < -0.3 is 5.32 Å². The lowest BCUT2D eigenvalue weighted by Gasteiger charge is -2.20. The fourth-order valence-corrected chi connectivity index (χ4v) is 2.04. The second kappa shape index (κ2) is 7.74. The van der Waals surface area contributed by atoms with Gasteiger partial charge in [0.2, 0.25) is 0 Å². The Hall–Kier alpha value is -1.16. The maximum absolute atomic E-state index is 12.5. The molecule has 4 heteroatoms. The summed E-state index contributed by atoms with van der Waals surface area (Å²) in [4.78, 5) is 12.5. The summed E-state index contributed by atoms with van der Waals surface area (Å²) in [5, 5.41) is 7.92. The van der Waals surface area contributed by atoms with Gasteiger partial charge in [0.25, 0.3) is 5.56 Å². The molecule has 4 nitrogen and oxygen atoms in total. The van der Waals surface area contributed by atoms with Crippen LogP contribution in [0.2, 0.25) is 0 Å². The van der Waals surface area contributed by atoms with Crippen molar-refractivity contribution in [3.05, 3.63) is 27.7 Å². The number of aromatic nitrogens is 2. The van der Waals surface area contributed by atoms with Crippen molar-refractivity contribution in [3.63, 3.8) is 0 Å². The number of hydrogen-bond donors (Lipinski definition) is 1. The van der Waals surface area contributed by atoms with E-state index in [2.05, 4.69) is 52.0 Å². The van der Waals surface area contributed by atoms with Crippen LogP contribution in [0.25, 0.3) is 0 Å². The molecule has 0 fully saturated rings. The Kier molecular flexibility index (Phi) is 6.59. The summed E-state index contributed by atoms with van der Waals surface area (Å²) in [5.41, 5.74) is 1.81. The molecule has 1 aromatic rings. The third-order valence-electron chi connectivity index (χ3n) is 3.41. The van der Waals surface area contributed by atoms with Crippen LogP contribution in [-0.2, 0) is 18.5 Å². The van der Waals surface area contributed by atoms with Crippen LogP contribution in [0, 0.1) is 5.92 Å². The Morgan fingerprint density at radius 3 is 2.52 bits per heavy atom. The molecule has 1 aromatic heterocycles. The first-order valence-corrected chi connectivity index (χ1v) is 8.08. The van der Waals surface area contributed by atoms with Gasteiger partial charge in [0.1, 0.15) is 0 Å². The maximum atomic E-state index is 12.5. The third kappa shape index (κ3) is 5.62. The summed E-state index contributed by atoms with van der Waals surface area (Å²) < 4.78 is 1.65. The van der Waals surface area contributed by atoms with E-state index in [1.165, 1.54) is 0 Å². The lowest BCUT2D eigenvalue weighted by Crippen LogP contribution is -2.33. The molecule has 0 amide bonds. The molecular weight excluding hydrogens is 262 g/mol. The van der Waals surface area contributed by atoms with Crippen molar-refractivity contribution >= 4 is 0 Å². The Balaban J connectivity index is 3.06. The summed E-state index contributed by atoms with van der Waals surface area (Å²) >= 11 is 0. The van der Waals surface area contributed by atoms with Gasteiger partial charge in [-0.3, -0.25) is 4.79 Å². The van der Waals surface area contributed by atoms with Gasteiger partial charge in [-0.05, 0) is 24.9 Å². The number of rotatable bonds is 7. The first-order chi connectivity index (χ1) is 9.75. The van der Waals surface area contributed by atoms with Gasteiger partial charge in [0, 0.05) is 24.1 Å². The molecule has 0 aromatic carbocycles. The Labute approximate surface area is 129 Å². The van der Waals surface area contributed by atoms with Crippen LogP contribution in [0.4, 0.5) is 0 Å². The minimum absolute atomic E-state index is 0.0472. The number of unbranched alkanes of at least 4 members (excludes halogenated alkanes) is 1. The van der Waals surface area contributed by atoms with Gasteiger partial charge in [-0.2, -0.15) is 5.10 Å². The lowest BCUT2D eigenvalue weighted by atomic mass is 9.91. The Morgan fingerprint density at radius 1 is 1.33 bits per heavy atom. The summed E-state index contributed by atoms with van der Waals surface area (Å²) in [5.74, 6) is 0.580. The van der Waals surface area contributed by atoms with Gasteiger partial charge in [-0.25, -0.2) is 4.68 Å². The van der Waals surface area contributed by atoms with Crippen LogP contribution < -0.4 is 10.9 Å². The summed E-state index contributed by atoms with van der Waals surface area (Å²) in [6.45, 7) is 15.1. The van der Waals surface area contributed by atoms with Gasteiger partial charge in [-0.15, -0.1) is 0 Å². The van der Waals surface area contributed by atoms with Crippen molar-refractivity contribution in [2.45, 2.75) is 72.9 Å². The maximum Gasteiger partial charge on any atom is 0.271 e. The largest absolute Gasteiger partial charge is 0.312 e. The van der Waals surface area contributed by atoms with Crippen LogP contribution in [0.1, 0.15) is 65.6 Å². The molecule has 0 aliphatic rings. The van der Waals surface area contributed by atoms with E-state index in [4.69, 9.17) is 0 Å². The van der Waals surface area contributed by atoms with Crippen LogP contribution in [0.15, 0.2) is 10.9 Å². The van der Waals surface area contributed by atoms with E-state index in [-0.39, 0.29) is 11.0 Å². The Morgan fingerprint density at radius 2 is 2.00 bits per heavy atom. The van der Waals surface area contributed by atoms with Crippen LogP contribution in [-0.4, -0.2) is 16.3 Å². The van der Waals surface area contributed by atoms with Crippen molar-refractivity contribution in [2.75, 3.05) is 6.54 Å². The van der Waals surface area contributed by atoms with Gasteiger partial charge >= 0.3 is 0 Å². The van der Waals surface area contributed by atoms with Gasteiger partial charge in [-0.1, -0.05) is 48.0 Å². The van der Waals surface area contributed by atoms with E-state index >= 15 is 0 Å². The molecule has 1 heterocycles. The highest BCUT2D eigenvalue weighted by atomic mass is 16.1. The van der Waals surface area contributed by atoms with Crippen LogP contribution >= 0.6 is 0 Å². The number of aryl methyl sites for hydroxylation is 1. The monoisotopic (exact) mass is 293 g/mol. The van der Waals surface area contributed by atoms with Crippen LogP contribution in [0.5, 0.6) is 0 Å². The second-order valence-corrected chi connectivity index (χ2v) is 7.21. The lowest BCUT2D eigenvalue weighted by molar-refractivity contribution is 0.477. The zero-order valence-electron chi connectivity index (χ0n) is 14.5. The van der Waals surface area contributed by atoms with Crippen molar-refractivity contribution in [1.82, 2.24) is 15.1 Å². The van der Waals surface area contributed by atoms with Crippen molar-refractivity contribution in [2.24, 2.45) is 5.92 Å². The number of hydrogen-bond acceptors (Lipinski definition) is 3. The predicted molar refractivity (Wildman–Crippen MR) is 88.6 cm³/mol. The standard InChI is InChI=1S/C17H31N3O/c1-7-8-9-20-16(21)14(12-18-11-13(2)3)10-15(19-20)17(4,5)6/h10,13,18H,7-9,11-12H2,1-6H3. The predicted octanol–water partition coefficient (Wildman–Crippen LogP) is 3.09. The molecule has 120 valence electrons. The molecule has 0 saturated carbocycles. The third-order valence-corrected chi connectivity index (χ3v) is 3.41. The number of nitrogens with one attached hydrogen (secondary N) is 1. The Bertz CT molecular complexity index is 498. The van der Waals surface area contributed by atoms with E-state index in [0.29, 0.717) is 19.0 Å². The van der Waals surface area contributed by atoms with E-state index in [1.54, 1.807) is 4.68 Å². The summed E-state index contributed by atoms with van der Waals surface area (Å²) in [6.07, 6.45) is 2.05. The number of nitrogens with zero attached hydrogens (tertiary/aromatic N) is 2. The molecule has 0 bridgehead atoms. The highest BCUT2D eigenvalue weighted by molar-refractivity contribution is 5.19. The van der Waals surface area contributed by atoms with E-state index < -0.39 is 0 Å². The molecule has 0 unspecified atom stereocenters. The van der Waals surface area contributed by atoms with E-state index in [9.17, 15) is 4.79 Å². The quantitative estimate of drug-likeness (QED) is 0.840. The minimum atomic E-state index is -0.0472. The van der Waals surface area contributed by atoms with Crippen molar-refractivity contribution < 1.29 is 0 Å². The van der Waals surface area contributed by atoms with E-state index in [1.807, 2.05) is 6.07 Å². The second-order valence-electron chi connectivity index (χ2n) is 7.21. The molecule has 0 spiro atoms. The zero-order valence-corrected chi connectivity index (χ0v) is 14.5. The highest BCUT2D eigenvalue weighted by Gasteiger charge is 2.19. The SMILES string of the molecule is CCCCn1nc(C(C)(C)C)cc(CNCC(C)C)c1=O. The van der Waals surface area contributed by atoms with Crippen LogP contribution in [0.3, 0.4) is 0 Å². The first-order valence-electron chi connectivity index (χ1n) is 8.08. The minimum Gasteiger partial charge on any atom is -0.312 e. The summed E-state index contributed by atoms with van der Waals surface area (Å²) in [7, 11) is 0. The molecule has 0 aliphatic heterocycles. The van der Waals surface area contributed by atoms with Crippen molar-refractivity contribution in [1.29, 1.82) is 0 Å². The molecule has 1 rings (SSSR count). The zero-order chi connectivity index (χ0) is 16.0. The van der Waals surface area contributed by atoms with E-state index in [0.717, 1.165) is 30.6 Å². The smallest absolute Gasteiger partial charge is 0.271 e.